The van der Waals surface area contributed by atoms with Crippen LogP contribution in [-0.2, 0) is 21.2 Å². The van der Waals surface area contributed by atoms with Gasteiger partial charge in [0.05, 0.1) is 18.1 Å². The van der Waals surface area contributed by atoms with Gasteiger partial charge in [0.15, 0.2) is 0 Å². The summed E-state index contributed by atoms with van der Waals surface area (Å²) in [7, 11) is -3.51. The van der Waals surface area contributed by atoms with E-state index in [1.165, 1.54) is 4.31 Å². The lowest BCUT2D eigenvalue weighted by atomic mass is 10.1. The van der Waals surface area contributed by atoms with E-state index < -0.39 is 10.0 Å². The van der Waals surface area contributed by atoms with Crippen LogP contribution in [0, 0.1) is 13.8 Å². The van der Waals surface area contributed by atoms with Crippen LogP contribution in [0.1, 0.15) is 27.3 Å². The summed E-state index contributed by atoms with van der Waals surface area (Å²) in [6.45, 7) is 5.78. The van der Waals surface area contributed by atoms with Gasteiger partial charge >= 0.3 is 0 Å². The number of nitrogens with zero attached hydrogens (tertiary/aromatic N) is 3. The Morgan fingerprint density at radius 1 is 1.00 bits per heavy atom. The summed E-state index contributed by atoms with van der Waals surface area (Å²) in [5.74, 6) is 0.292. The minimum Gasteiger partial charge on any atom is -0.379 e. The first-order valence-electron chi connectivity index (χ1n) is 11.5. The normalized spacial score (nSPS) is 14.5. The molecule has 2 heterocycles. The summed E-state index contributed by atoms with van der Waals surface area (Å²) in [4.78, 5) is 21.6. The number of carbonyl (C=O) groups excluding carboxylic acids is 1. The van der Waals surface area contributed by atoms with E-state index >= 15 is 0 Å². The number of nitrogens with one attached hydrogen (secondary N) is 2. The van der Waals surface area contributed by atoms with Gasteiger partial charge in [0.1, 0.15) is 0 Å². The van der Waals surface area contributed by atoms with Gasteiger partial charge in [0, 0.05) is 42.3 Å². The first-order valence-corrected chi connectivity index (χ1v) is 12.9. The van der Waals surface area contributed by atoms with Crippen LogP contribution in [0.5, 0.6) is 0 Å². The van der Waals surface area contributed by atoms with E-state index in [4.69, 9.17) is 4.74 Å². The highest BCUT2D eigenvalue weighted by molar-refractivity contribution is 7.89. The first-order chi connectivity index (χ1) is 16.8. The molecule has 1 saturated heterocycles. The predicted octanol–water partition coefficient (Wildman–Crippen LogP) is 2.83. The summed E-state index contributed by atoms with van der Waals surface area (Å²) in [5, 5.41) is 6.06. The number of hydrogen-bond donors (Lipinski definition) is 2. The first kappa shape index (κ1) is 24.8. The lowest BCUT2D eigenvalue weighted by molar-refractivity contribution is 0.0730. The minimum absolute atomic E-state index is 0.193. The molecule has 1 aliphatic heterocycles. The third-order valence-corrected chi connectivity index (χ3v) is 7.51. The third kappa shape index (κ3) is 6.41. The molecule has 184 valence electrons. The van der Waals surface area contributed by atoms with Crippen molar-refractivity contribution in [2.45, 2.75) is 25.2 Å². The smallest absolute Gasteiger partial charge is 0.251 e. The van der Waals surface area contributed by atoms with Crippen LogP contribution in [0.4, 0.5) is 11.6 Å². The number of anilines is 2. The van der Waals surface area contributed by atoms with Gasteiger partial charge in [-0.2, -0.15) is 4.31 Å². The number of benzene rings is 2. The largest absolute Gasteiger partial charge is 0.379 e. The van der Waals surface area contributed by atoms with E-state index in [9.17, 15) is 13.2 Å². The maximum Gasteiger partial charge on any atom is 0.251 e. The molecule has 1 amide bonds. The molecular formula is C25H29N5O4S. The van der Waals surface area contributed by atoms with Crippen LogP contribution in [-0.4, -0.2) is 61.4 Å². The van der Waals surface area contributed by atoms with E-state index in [2.05, 4.69) is 20.6 Å². The fourth-order valence-corrected chi connectivity index (χ4v) is 5.24. The number of aromatic nitrogens is 2. The minimum atomic E-state index is -3.51. The highest BCUT2D eigenvalue weighted by Gasteiger charge is 2.26. The molecule has 2 N–H and O–H groups in total. The second-order valence-corrected chi connectivity index (χ2v) is 10.3. The van der Waals surface area contributed by atoms with Gasteiger partial charge in [-0.3, -0.25) is 4.79 Å². The molecule has 0 unspecified atom stereocenters. The molecule has 0 bridgehead atoms. The standard InChI is InChI=1S/C25H29N5O4S/c1-18-16-19(2)28-25(27-18)29-22-5-3-4-21(17-22)24(31)26-11-10-20-6-8-23(9-7-20)35(32,33)30-12-14-34-15-13-30/h3-9,16-17H,10-15H2,1-2H3,(H,26,31)(H,27,28,29). The van der Waals surface area contributed by atoms with Crippen molar-refractivity contribution >= 4 is 27.6 Å². The molecule has 1 aliphatic rings. The Balaban J connectivity index is 1.31. The Morgan fingerprint density at radius 3 is 2.37 bits per heavy atom. The lowest BCUT2D eigenvalue weighted by Gasteiger charge is -2.26. The average Bonchev–Trinajstić information content (AvgIpc) is 2.84. The van der Waals surface area contributed by atoms with Crippen molar-refractivity contribution in [3.8, 4) is 0 Å². The Morgan fingerprint density at radius 2 is 1.69 bits per heavy atom. The molecule has 1 fully saturated rings. The SMILES string of the molecule is Cc1cc(C)nc(Nc2cccc(C(=O)NCCc3ccc(S(=O)(=O)N4CCOCC4)cc3)c2)n1. The summed E-state index contributed by atoms with van der Waals surface area (Å²) < 4.78 is 32.2. The maximum absolute atomic E-state index is 12.7. The van der Waals surface area contributed by atoms with Crippen molar-refractivity contribution in [1.82, 2.24) is 19.6 Å². The van der Waals surface area contributed by atoms with Crippen LogP contribution in [0.25, 0.3) is 0 Å². The van der Waals surface area contributed by atoms with Crippen LogP contribution < -0.4 is 10.6 Å². The van der Waals surface area contributed by atoms with Crippen LogP contribution in [0.2, 0.25) is 0 Å². The zero-order valence-corrected chi connectivity index (χ0v) is 20.6. The Hall–Kier alpha value is -3.34. The van der Waals surface area contributed by atoms with Gasteiger partial charge in [-0.05, 0) is 62.2 Å². The average molecular weight is 496 g/mol. The number of rotatable bonds is 8. The van der Waals surface area contributed by atoms with E-state index in [1.807, 2.05) is 26.0 Å². The Kier molecular flexibility index (Phi) is 7.74. The quantitative estimate of drug-likeness (QED) is 0.494. The van der Waals surface area contributed by atoms with Crippen molar-refractivity contribution in [2.24, 2.45) is 0 Å². The molecule has 0 radical (unpaired) electrons. The molecule has 35 heavy (non-hydrogen) atoms. The van der Waals surface area contributed by atoms with Crippen molar-refractivity contribution in [2.75, 3.05) is 38.2 Å². The topological polar surface area (TPSA) is 114 Å². The van der Waals surface area contributed by atoms with Crippen molar-refractivity contribution < 1.29 is 17.9 Å². The van der Waals surface area contributed by atoms with Gasteiger partial charge in [-0.25, -0.2) is 18.4 Å². The molecule has 0 atom stereocenters. The maximum atomic E-state index is 12.7. The second kappa shape index (κ2) is 10.9. The summed E-state index contributed by atoms with van der Waals surface area (Å²) in [5.41, 5.74) is 3.90. The van der Waals surface area contributed by atoms with Crippen LogP contribution >= 0.6 is 0 Å². The van der Waals surface area contributed by atoms with E-state index in [1.54, 1.807) is 42.5 Å². The van der Waals surface area contributed by atoms with Crippen LogP contribution in [0.3, 0.4) is 0 Å². The molecule has 10 heteroatoms. The Bertz CT molecular complexity index is 1270. The van der Waals surface area contributed by atoms with E-state index in [0.29, 0.717) is 50.8 Å². The fraction of sp³-hybridized carbons (Fsp3) is 0.320. The number of hydrogen-bond acceptors (Lipinski definition) is 7. The van der Waals surface area contributed by atoms with Gasteiger partial charge in [-0.15, -0.1) is 0 Å². The fourth-order valence-electron chi connectivity index (χ4n) is 3.84. The lowest BCUT2D eigenvalue weighted by Crippen LogP contribution is -2.40. The highest BCUT2D eigenvalue weighted by atomic mass is 32.2. The highest BCUT2D eigenvalue weighted by Crippen LogP contribution is 2.18. The molecule has 2 aromatic carbocycles. The second-order valence-electron chi connectivity index (χ2n) is 8.35. The number of ether oxygens (including phenoxy) is 1. The van der Waals surface area contributed by atoms with E-state index in [0.717, 1.165) is 22.6 Å². The molecule has 0 aliphatic carbocycles. The van der Waals surface area contributed by atoms with Crippen molar-refractivity contribution in [3.05, 3.63) is 77.1 Å². The molecule has 0 saturated carbocycles. The molecule has 0 spiro atoms. The molecular weight excluding hydrogens is 466 g/mol. The molecule has 1 aromatic heterocycles. The summed E-state index contributed by atoms with van der Waals surface area (Å²) >= 11 is 0. The summed E-state index contributed by atoms with van der Waals surface area (Å²) in [6, 6.07) is 15.8. The molecule has 9 nitrogen and oxygen atoms in total. The monoisotopic (exact) mass is 495 g/mol. The van der Waals surface area contributed by atoms with Gasteiger partial charge < -0.3 is 15.4 Å². The van der Waals surface area contributed by atoms with Crippen molar-refractivity contribution in [3.63, 3.8) is 0 Å². The molecule has 3 aromatic rings. The third-order valence-electron chi connectivity index (χ3n) is 5.59. The van der Waals surface area contributed by atoms with Gasteiger partial charge in [-0.1, -0.05) is 18.2 Å². The number of morpholine rings is 1. The number of carbonyl (C=O) groups is 1. The zero-order chi connectivity index (χ0) is 24.8. The van der Waals surface area contributed by atoms with Gasteiger partial charge in [0.25, 0.3) is 5.91 Å². The van der Waals surface area contributed by atoms with Gasteiger partial charge in [0.2, 0.25) is 16.0 Å². The number of aryl methyl sites for hydroxylation is 2. The predicted molar refractivity (Wildman–Crippen MR) is 133 cm³/mol. The van der Waals surface area contributed by atoms with Crippen molar-refractivity contribution in [1.29, 1.82) is 0 Å². The zero-order valence-electron chi connectivity index (χ0n) is 19.8. The summed E-state index contributed by atoms with van der Waals surface area (Å²) in [6.07, 6.45) is 0.581. The Labute approximate surface area is 205 Å². The van der Waals surface area contributed by atoms with Crippen LogP contribution in [0.15, 0.2) is 59.5 Å². The number of sulfonamides is 1. The molecule has 4 rings (SSSR count). The van der Waals surface area contributed by atoms with E-state index in [-0.39, 0.29) is 10.8 Å². The number of amides is 1.